The van der Waals surface area contributed by atoms with Crippen molar-refractivity contribution in [3.05, 3.63) is 60.7 Å². The third-order valence-electron chi connectivity index (χ3n) is 5.69. The highest BCUT2D eigenvalue weighted by molar-refractivity contribution is 7.92. The van der Waals surface area contributed by atoms with Crippen LogP contribution in [-0.4, -0.2) is 59.1 Å². The Kier molecular flexibility index (Phi) is 6.14. The summed E-state index contributed by atoms with van der Waals surface area (Å²) in [7, 11) is -2.65. The van der Waals surface area contributed by atoms with Crippen molar-refractivity contribution in [3.63, 3.8) is 0 Å². The van der Waals surface area contributed by atoms with Gasteiger partial charge in [0.15, 0.2) is 5.65 Å². The summed E-state index contributed by atoms with van der Waals surface area (Å²) in [5.41, 5.74) is 1.88. The van der Waals surface area contributed by atoms with E-state index in [4.69, 9.17) is 4.74 Å². The van der Waals surface area contributed by atoms with E-state index in [2.05, 4.69) is 25.1 Å². The van der Waals surface area contributed by atoms with Crippen LogP contribution in [0.25, 0.3) is 16.8 Å². The first-order chi connectivity index (χ1) is 17.3. The van der Waals surface area contributed by atoms with Crippen molar-refractivity contribution in [2.75, 3.05) is 30.2 Å². The zero-order chi connectivity index (χ0) is 25.3. The predicted octanol–water partition coefficient (Wildman–Crippen LogP) is 3.37. The normalized spacial score (nSPS) is 13.7. The molecule has 36 heavy (non-hydrogen) atoms. The molecular formula is C23H22FN7O4S. The molecule has 0 saturated carbocycles. The van der Waals surface area contributed by atoms with Gasteiger partial charge in [-0.15, -0.1) is 5.10 Å². The molecule has 0 unspecified atom stereocenters. The van der Waals surface area contributed by atoms with Crippen LogP contribution in [0.2, 0.25) is 0 Å². The second-order valence-electron chi connectivity index (χ2n) is 8.12. The molecule has 2 N–H and O–H groups in total. The van der Waals surface area contributed by atoms with E-state index in [1.54, 1.807) is 29.3 Å². The van der Waals surface area contributed by atoms with Crippen LogP contribution in [0.3, 0.4) is 0 Å². The number of hydrogen-bond acceptors (Lipinski definition) is 7. The number of carbonyl (C=O) groups excluding carboxylic acids is 1. The van der Waals surface area contributed by atoms with E-state index in [1.165, 1.54) is 30.0 Å². The van der Waals surface area contributed by atoms with Crippen molar-refractivity contribution in [2.45, 2.75) is 17.7 Å². The minimum Gasteiger partial charge on any atom is -0.480 e. The smallest absolute Gasteiger partial charge is 0.324 e. The van der Waals surface area contributed by atoms with Gasteiger partial charge in [0, 0.05) is 36.6 Å². The molecule has 4 aromatic rings. The van der Waals surface area contributed by atoms with Crippen molar-refractivity contribution >= 4 is 33.3 Å². The molecule has 0 bridgehead atoms. The quantitative estimate of drug-likeness (QED) is 0.406. The van der Waals surface area contributed by atoms with E-state index >= 15 is 0 Å². The molecule has 1 aliphatic heterocycles. The molecule has 1 saturated heterocycles. The zero-order valence-electron chi connectivity index (χ0n) is 19.2. The van der Waals surface area contributed by atoms with Gasteiger partial charge in [0.2, 0.25) is 5.88 Å². The number of rotatable bonds is 6. The molecule has 4 heterocycles. The lowest BCUT2D eigenvalue weighted by molar-refractivity contribution is 0.222. The highest BCUT2D eigenvalue weighted by Gasteiger charge is 2.20. The van der Waals surface area contributed by atoms with E-state index in [9.17, 15) is 17.6 Å². The average Bonchev–Trinajstić information content (AvgIpc) is 3.53. The largest absolute Gasteiger partial charge is 0.480 e. The van der Waals surface area contributed by atoms with Crippen molar-refractivity contribution < 1.29 is 22.3 Å². The highest BCUT2D eigenvalue weighted by Crippen LogP contribution is 2.30. The van der Waals surface area contributed by atoms with Crippen molar-refractivity contribution in [1.29, 1.82) is 0 Å². The number of halogens is 1. The molecule has 3 aromatic heterocycles. The third kappa shape index (κ3) is 4.77. The van der Waals surface area contributed by atoms with Gasteiger partial charge in [-0.05, 0) is 55.3 Å². The van der Waals surface area contributed by atoms with Crippen LogP contribution in [-0.2, 0) is 10.0 Å². The Hall–Kier alpha value is -4.26. The number of pyridine rings is 2. The van der Waals surface area contributed by atoms with Gasteiger partial charge in [-0.1, -0.05) is 0 Å². The number of aromatic nitrogens is 4. The number of nitrogens with one attached hydrogen (secondary N) is 2. The second kappa shape index (κ2) is 9.41. The number of benzene rings is 1. The van der Waals surface area contributed by atoms with E-state index in [1.807, 2.05) is 0 Å². The molecule has 0 atom stereocenters. The van der Waals surface area contributed by atoms with Crippen molar-refractivity contribution in [1.82, 2.24) is 24.5 Å². The molecule has 13 heteroatoms. The number of hydrogen-bond donors (Lipinski definition) is 2. The number of anilines is 2. The number of likely N-dealkylation sites (tertiary alicyclic amines) is 1. The van der Waals surface area contributed by atoms with Crippen LogP contribution in [0.4, 0.5) is 20.8 Å². The fourth-order valence-electron chi connectivity index (χ4n) is 3.87. The topological polar surface area (TPSA) is 131 Å². The highest BCUT2D eigenvalue weighted by atomic mass is 32.2. The third-order valence-corrected chi connectivity index (χ3v) is 7.07. The maximum Gasteiger partial charge on any atom is 0.324 e. The van der Waals surface area contributed by atoms with Crippen molar-refractivity contribution in [3.8, 4) is 17.0 Å². The monoisotopic (exact) mass is 511 g/mol. The Labute approximate surface area is 206 Å². The lowest BCUT2D eigenvalue weighted by atomic mass is 10.1. The fraction of sp³-hybridized carbons (Fsp3) is 0.217. The number of carbonyl (C=O) groups is 1. The molecule has 1 aromatic carbocycles. The van der Waals surface area contributed by atoms with E-state index in [0.717, 1.165) is 25.0 Å². The first-order valence-corrected chi connectivity index (χ1v) is 12.6. The van der Waals surface area contributed by atoms with E-state index in [-0.39, 0.29) is 28.4 Å². The number of urea groups is 1. The average molecular weight is 512 g/mol. The molecule has 11 nitrogen and oxygen atoms in total. The Balaban J connectivity index is 1.42. The number of methoxy groups -OCH3 is 1. The molecule has 1 aliphatic rings. The molecule has 0 radical (unpaired) electrons. The second-order valence-corrected chi connectivity index (χ2v) is 9.80. The number of nitrogens with zero attached hydrogens (tertiary/aromatic N) is 5. The van der Waals surface area contributed by atoms with Crippen LogP contribution in [0.15, 0.2) is 59.8 Å². The van der Waals surface area contributed by atoms with Gasteiger partial charge in [-0.2, -0.15) is 4.98 Å². The predicted molar refractivity (Wildman–Crippen MR) is 130 cm³/mol. The maximum atomic E-state index is 13.2. The maximum absolute atomic E-state index is 13.2. The van der Waals surface area contributed by atoms with Gasteiger partial charge < -0.3 is 9.64 Å². The van der Waals surface area contributed by atoms with Gasteiger partial charge in [0.25, 0.3) is 16.0 Å². The standard InChI is InChI=1S/C23H22FN7O4S/c1-35-21-19(29-36(33,34)18-7-5-17(24)6-8-18)12-16(13-25-21)15-4-9-20-26-22(28-31(20)14-15)27-23(32)30-10-2-3-11-30/h4-9,12-14,29H,2-3,10-11H2,1H3,(H,27,28,32). The SMILES string of the molecule is COc1ncc(-c2ccc3nc(NC(=O)N4CCCC4)nn3c2)cc1NS(=O)(=O)c1ccc(F)cc1. The summed E-state index contributed by atoms with van der Waals surface area (Å²) in [6.45, 7) is 1.42. The number of fused-ring (bicyclic) bond motifs is 1. The minimum atomic E-state index is -4.02. The summed E-state index contributed by atoms with van der Waals surface area (Å²) in [6.07, 6.45) is 5.18. The number of sulfonamides is 1. The number of amides is 2. The molecule has 5 rings (SSSR count). The summed E-state index contributed by atoms with van der Waals surface area (Å²) in [5.74, 6) is -0.291. The summed E-state index contributed by atoms with van der Waals surface area (Å²) in [5, 5.41) is 7.05. The van der Waals surface area contributed by atoms with Crippen LogP contribution < -0.4 is 14.8 Å². The van der Waals surface area contributed by atoms with Gasteiger partial charge in [0.1, 0.15) is 11.5 Å². The van der Waals surface area contributed by atoms with Crippen LogP contribution in [0, 0.1) is 5.82 Å². The van der Waals surface area contributed by atoms with Gasteiger partial charge >= 0.3 is 6.03 Å². The number of ether oxygens (including phenoxy) is 1. The molecule has 2 amide bonds. The fourth-order valence-corrected chi connectivity index (χ4v) is 4.91. The van der Waals surface area contributed by atoms with E-state index < -0.39 is 15.8 Å². The Morgan fingerprint density at radius 3 is 2.56 bits per heavy atom. The van der Waals surface area contributed by atoms with Crippen LogP contribution in [0.5, 0.6) is 5.88 Å². The summed E-state index contributed by atoms with van der Waals surface area (Å²) in [4.78, 5) is 22.5. The van der Waals surface area contributed by atoms with Crippen LogP contribution in [0.1, 0.15) is 12.8 Å². The summed E-state index contributed by atoms with van der Waals surface area (Å²) < 4.78 is 48.0. The lowest BCUT2D eigenvalue weighted by Gasteiger charge is -2.13. The Morgan fingerprint density at radius 2 is 1.83 bits per heavy atom. The lowest BCUT2D eigenvalue weighted by Crippen LogP contribution is -2.32. The van der Waals surface area contributed by atoms with Gasteiger partial charge in [0.05, 0.1) is 12.0 Å². The zero-order valence-corrected chi connectivity index (χ0v) is 20.0. The molecule has 0 spiro atoms. The van der Waals surface area contributed by atoms with Gasteiger partial charge in [-0.3, -0.25) is 10.0 Å². The Bertz CT molecular complexity index is 1530. The van der Waals surface area contributed by atoms with Crippen molar-refractivity contribution in [2.24, 2.45) is 0 Å². The molecule has 186 valence electrons. The summed E-state index contributed by atoms with van der Waals surface area (Å²) in [6, 6.07) is 9.30. The molecular weight excluding hydrogens is 489 g/mol. The first-order valence-electron chi connectivity index (χ1n) is 11.1. The first kappa shape index (κ1) is 23.5. The van der Waals surface area contributed by atoms with Crippen LogP contribution >= 0.6 is 0 Å². The summed E-state index contributed by atoms with van der Waals surface area (Å²) >= 11 is 0. The minimum absolute atomic E-state index is 0.0678. The van der Waals surface area contributed by atoms with E-state index in [0.29, 0.717) is 29.9 Å². The van der Waals surface area contributed by atoms with Gasteiger partial charge in [-0.25, -0.2) is 27.1 Å². The molecule has 0 aliphatic carbocycles. The Morgan fingerprint density at radius 1 is 1.08 bits per heavy atom. The molecule has 1 fully saturated rings.